The number of alkyl halides is 4. The predicted octanol–water partition coefficient (Wildman–Crippen LogP) is 2.85. The molecule has 0 atom stereocenters. The van der Waals surface area contributed by atoms with E-state index in [-0.39, 0.29) is 17.1 Å². The molecule has 7 heteroatoms. The van der Waals surface area contributed by atoms with Crippen LogP contribution in [0.15, 0.2) is 18.2 Å². The summed E-state index contributed by atoms with van der Waals surface area (Å²) in [6, 6.07) is 5.59. The summed E-state index contributed by atoms with van der Waals surface area (Å²) < 4.78 is 58.5. The molecule has 0 aliphatic heterocycles. The van der Waals surface area contributed by atoms with Crippen molar-refractivity contribution in [3.63, 3.8) is 0 Å². The van der Waals surface area contributed by atoms with Gasteiger partial charge in [0.1, 0.15) is 17.6 Å². The van der Waals surface area contributed by atoms with Crippen LogP contribution in [0.3, 0.4) is 0 Å². The molecule has 0 amide bonds. The first kappa shape index (κ1) is 14.1. The third-order valence-electron chi connectivity index (χ3n) is 2.05. The first-order valence-electron chi connectivity index (χ1n) is 4.77. The van der Waals surface area contributed by atoms with Gasteiger partial charge in [0.2, 0.25) is 0 Å². The van der Waals surface area contributed by atoms with Gasteiger partial charge in [-0.1, -0.05) is 0 Å². The summed E-state index contributed by atoms with van der Waals surface area (Å²) in [4.78, 5) is 0. The number of hydrogen-bond donors (Lipinski definition) is 0. The van der Waals surface area contributed by atoms with Gasteiger partial charge in [-0.3, -0.25) is 0 Å². The quantitative estimate of drug-likeness (QED) is 0.767. The van der Waals surface area contributed by atoms with Crippen molar-refractivity contribution in [3.05, 3.63) is 23.8 Å². The number of nitriles is 1. The number of ether oxygens (including phenoxy) is 2. The van der Waals surface area contributed by atoms with E-state index < -0.39 is 19.0 Å². The fourth-order valence-corrected chi connectivity index (χ4v) is 1.08. The highest BCUT2D eigenvalue weighted by atomic mass is 19.3. The number of halogens is 4. The molecular formula is C11H9F4NO2. The molecule has 1 aromatic carbocycles. The van der Waals surface area contributed by atoms with Gasteiger partial charge in [-0.15, -0.1) is 0 Å². The van der Waals surface area contributed by atoms with Crippen LogP contribution >= 0.6 is 0 Å². The number of benzene rings is 1. The standard InChI is InChI=1S/C11H9F4NO2/c1-17-8-3-2-7(5-16)9(4-8)18-6-11(14,15)10(12)13/h2-4,10H,6H2,1H3. The van der Waals surface area contributed by atoms with Gasteiger partial charge in [0.15, 0.2) is 6.61 Å². The largest absolute Gasteiger partial charge is 0.497 e. The maximum atomic E-state index is 12.7. The van der Waals surface area contributed by atoms with Crippen molar-refractivity contribution in [2.24, 2.45) is 0 Å². The summed E-state index contributed by atoms with van der Waals surface area (Å²) in [5, 5.41) is 8.71. The van der Waals surface area contributed by atoms with Gasteiger partial charge >= 0.3 is 12.3 Å². The molecule has 0 unspecified atom stereocenters. The van der Waals surface area contributed by atoms with Crippen molar-refractivity contribution in [2.75, 3.05) is 13.7 Å². The lowest BCUT2D eigenvalue weighted by Gasteiger charge is -2.16. The Kier molecular flexibility index (Phi) is 4.37. The predicted molar refractivity (Wildman–Crippen MR) is 54.2 cm³/mol. The molecular weight excluding hydrogens is 254 g/mol. The lowest BCUT2D eigenvalue weighted by Crippen LogP contribution is -2.33. The second-order valence-corrected chi connectivity index (χ2v) is 3.32. The summed E-state index contributed by atoms with van der Waals surface area (Å²) in [6.07, 6.45) is -3.83. The highest BCUT2D eigenvalue weighted by Gasteiger charge is 2.41. The van der Waals surface area contributed by atoms with Crippen molar-refractivity contribution in [3.8, 4) is 17.6 Å². The molecule has 1 rings (SSSR count). The second-order valence-electron chi connectivity index (χ2n) is 3.32. The van der Waals surface area contributed by atoms with Gasteiger partial charge in [0.05, 0.1) is 12.7 Å². The molecule has 0 heterocycles. The van der Waals surface area contributed by atoms with Crippen LogP contribution in [0.4, 0.5) is 17.6 Å². The fourth-order valence-electron chi connectivity index (χ4n) is 1.08. The summed E-state index contributed by atoms with van der Waals surface area (Å²) in [5.41, 5.74) is -0.0409. The smallest absolute Gasteiger partial charge is 0.340 e. The van der Waals surface area contributed by atoms with E-state index in [4.69, 9.17) is 10.00 Å². The van der Waals surface area contributed by atoms with Gasteiger partial charge in [0, 0.05) is 6.07 Å². The minimum atomic E-state index is -4.27. The van der Waals surface area contributed by atoms with Crippen LogP contribution in [0, 0.1) is 11.3 Å². The van der Waals surface area contributed by atoms with Crippen LogP contribution in [0.5, 0.6) is 11.5 Å². The van der Waals surface area contributed by atoms with Crippen LogP contribution in [-0.2, 0) is 0 Å². The molecule has 0 saturated carbocycles. The average Bonchev–Trinajstić information content (AvgIpc) is 2.35. The van der Waals surface area contributed by atoms with Crippen LogP contribution in [-0.4, -0.2) is 26.1 Å². The van der Waals surface area contributed by atoms with E-state index in [1.807, 2.05) is 0 Å². The minimum Gasteiger partial charge on any atom is -0.497 e. The van der Waals surface area contributed by atoms with Gasteiger partial charge in [0.25, 0.3) is 0 Å². The Bertz CT molecular complexity index is 457. The maximum absolute atomic E-state index is 12.7. The SMILES string of the molecule is COc1ccc(C#N)c(OCC(F)(F)C(F)F)c1. The Morgan fingerprint density at radius 3 is 2.56 bits per heavy atom. The molecule has 0 N–H and O–H groups in total. The Balaban J connectivity index is 2.87. The highest BCUT2D eigenvalue weighted by molar-refractivity contribution is 5.47. The Morgan fingerprint density at radius 2 is 2.06 bits per heavy atom. The first-order chi connectivity index (χ1) is 8.40. The molecule has 0 bridgehead atoms. The molecule has 0 spiro atoms. The van der Waals surface area contributed by atoms with Crippen molar-refractivity contribution < 1.29 is 27.0 Å². The van der Waals surface area contributed by atoms with E-state index in [2.05, 4.69) is 4.74 Å². The van der Waals surface area contributed by atoms with E-state index in [1.165, 1.54) is 25.3 Å². The summed E-state index contributed by atoms with van der Waals surface area (Å²) in [7, 11) is 1.33. The summed E-state index contributed by atoms with van der Waals surface area (Å²) in [5.74, 6) is -4.22. The summed E-state index contributed by atoms with van der Waals surface area (Å²) in [6.45, 7) is -1.51. The van der Waals surface area contributed by atoms with Crippen LogP contribution in [0.25, 0.3) is 0 Å². The van der Waals surface area contributed by atoms with Gasteiger partial charge in [-0.25, -0.2) is 8.78 Å². The minimum absolute atomic E-state index is 0.0409. The lowest BCUT2D eigenvalue weighted by molar-refractivity contribution is -0.148. The Hall–Kier alpha value is -1.97. The second kappa shape index (κ2) is 5.58. The van der Waals surface area contributed by atoms with E-state index in [9.17, 15) is 17.6 Å². The molecule has 0 aromatic heterocycles. The topological polar surface area (TPSA) is 42.2 Å². The van der Waals surface area contributed by atoms with Crippen molar-refractivity contribution in [1.82, 2.24) is 0 Å². The first-order valence-corrected chi connectivity index (χ1v) is 4.77. The Labute approximate surface area is 101 Å². The van der Waals surface area contributed by atoms with E-state index in [0.29, 0.717) is 0 Å². The average molecular weight is 263 g/mol. The zero-order chi connectivity index (χ0) is 13.8. The normalized spacial score (nSPS) is 11.2. The van der Waals surface area contributed by atoms with Gasteiger partial charge < -0.3 is 9.47 Å². The van der Waals surface area contributed by atoms with Crippen molar-refractivity contribution in [2.45, 2.75) is 12.3 Å². The molecule has 0 aliphatic rings. The molecule has 18 heavy (non-hydrogen) atoms. The van der Waals surface area contributed by atoms with E-state index in [0.717, 1.165) is 0 Å². The monoisotopic (exact) mass is 263 g/mol. The zero-order valence-electron chi connectivity index (χ0n) is 9.29. The van der Waals surface area contributed by atoms with E-state index in [1.54, 1.807) is 6.07 Å². The van der Waals surface area contributed by atoms with Crippen LogP contribution in [0.2, 0.25) is 0 Å². The number of hydrogen-bond acceptors (Lipinski definition) is 3. The molecule has 0 aliphatic carbocycles. The highest BCUT2D eigenvalue weighted by Crippen LogP contribution is 2.28. The molecule has 0 saturated heterocycles. The molecule has 98 valence electrons. The third kappa shape index (κ3) is 3.26. The van der Waals surface area contributed by atoms with Gasteiger partial charge in [-0.2, -0.15) is 14.0 Å². The lowest BCUT2D eigenvalue weighted by atomic mass is 10.2. The zero-order valence-corrected chi connectivity index (χ0v) is 9.29. The maximum Gasteiger partial charge on any atom is 0.340 e. The number of rotatable bonds is 5. The summed E-state index contributed by atoms with van der Waals surface area (Å²) >= 11 is 0. The van der Waals surface area contributed by atoms with E-state index >= 15 is 0 Å². The molecule has 0 radical (unpaired) electrons. The molecule has 0 fully saturated rings. The van der Waals surface area contributed by atoms with Crippen LogP contribution in [0.1, 0.15) is 5.56 Å². The third-order valence-corrected chi connectivity index (χ3v) is 2.05. The molecule has 3 nitrogen and oxygen atoms in total. The molecule has 1 aromatic rings. The van der Waals surface area contributed by atoms with Gasteiger partial charge in [-0.05, 0) is 12.1 Å². The number of nitrogens with zero attached hydrogens (tertiary/aromatic N) is 1. The van der Waals surface area contributed by atoms with Crippen molar-refractivity contribution in [1.29, 1.82) is 5.26 Å². The Morgan fingerprint density at radius 1 is 1.39 bits per heavy atom. The van der Waals surface area contributed by atoms with Crippen LogP contribution < -0.4 is 9.47 Å². The van der Waals surface area contributed by atoms with Crippen molar-refractivity contribution >= 4 is 0 Å². The number of methoxy groups -OCH3 is 1. The fraction of sp³-hybridized carbons (Fsp3) is 0.364.